The van der Waals surface area contributed by atoms with Gasteiger partial charge < -0.3 is 19.5 Å². The van der Waals surface area contributed by atoms with Crippen molar-refractivity contribution in [2.45, 2.75) is 63.9 Å². The van der Waals surface area contributed by atoms with Gasteiger partial charge in [0.25, 0.3) is 0 Å². The number of anilines is 1. The lowest BCUT2D eigenvalue weighted by molar-refractivity contribution is -0.00186. The van der Waals surface area contributed by atoms with Gasteiger partial charge in [-0.05, 0) is 109 Å². The minimum atomic E-state index is -3.57. The lowest BCUT2D eigenvalue weighted by Gasteiger charge is -2.49. The van der Waals surface area contributed by atoms with Crippen molar-refractivity contribution < 1.29 is 27.8 Å². The first kappa shape index (κ1) is 31.4. The van der Waals surface area contributed by atoms with Gasteiger partial charge in [0.05, 0.1) is 29.7 Å². The third-order valence-electron chi connectivity index (χ3n) is 10.7. The number of halogens is 1. The Balaban J connectivity index is 1.28. The zero-order valence-corrected chi connectivity index (χ0v) is 27.3. The van der Waals surface area contributed by atoms with Crippen LogP contribution in [0.3, 0.4) is 0 Å². The van der Waals surface area contributed by atoms with E-state index in [1.165, 1.54) is 16.7 Å². The number of ether oxygens (including phenoxy) is 2. The predicted molar refractivity (Wildman–Crippen MR) is 172 cm³/mol. The molecule has 2 aromatic carbocycles. The molecule has 4 aliphatic rings. The second kappa shape index (κ2) is 11.6. The number of fused-ring (bicyclic) bond motifs is 3. The number of hydrogen-bond acceptors (Lipinski definition) is 6. The SMILES string of the molecule is CO[C@H](C1=CC(C(C)(C)CS(N)(=O)=O)C1)[C@@H]1CC[C@H]1CN1C[C@@]2(CCCc3cc(Cl)ccc32)COc2ccc(C(=O)O)cc21. The highest BCUT2D eigenvalue weighted by atomic mass is 35.5. The molecule has 0 radical (unpaired) electrons. The number of benzene rings is 2. The molecule has 2 aromatic rings. The molecule has 0 bridgehead atoms. The highest BCUT2D eigenvalue weighted by Gasteiger charge is 2.47. The monoisotopic (exact) mass is 642 g/mol. The van der Waals surface area contributed by atoms with Gasteiger partial charge in [-0.1, -0.05) is 37.6 Å². The van der Waals surface area contributed by atoms with E-state index in [0.717, 1.165) is 62.3 Å². The van der Waals surface area contributed by atoms with Crippen molar-refractivity contribution in [3.8, 4) is 5.75 Å². The number of allylic oxidation sites excluding steroid dienone is 1. The molecule has 1 aliphatic heterocycles. The Labute approximate surface area is 265 Å². The summed E-state index contributed by atoms with van der Waals surface area (Å²) in [6.45, 7) is 5.93. The summed E-state index contributed by atoms with van der Waals surface area (Å²) in [6.07, 6.45) is 8.07. The fourth-order valence-electron chi connectivity index (χ4n) is 8.17. The van der Waals surface area contributed by atoms with Crippen LogP contribution in [-0.4, -0.2) is 58.2 Å². The van der Waals surface area contributed by atoms with Crippen LogP contribution in [0, 0.1) is 23.2 Å². The summed E-state index contributed by atoms with van der Waals surface area (Å²) in [6, 6.07) is 11.4. The molecule has 0 saturated heterocycles. The lowest BCUT2D eigenvalue weighted by atomic mass is 9.62. The average Bonchev–Trinajstić information content (AvgIpc) is 3.05. The molecule has 0 amide bonds. The van der Waals surface area contributed by atoms with Gasteiger partial charge in [-0.25, -0.2) is 18.4 Å². The molecule has 1 heterocycles. The first-order chi connectivity index (χ1) is 20.8. The van der Waals surface area contributed by atoms with Crippen molar-refractivity contribution in [1.29, 1.82) is 0 Å². The van der Waals surface area contributed by atoms with Crippen LogP contribution in [0.25, 0.3) is 0 Å². The van der Waals surface area contributed by atoms with Gasteiger partial charge in [0.15, 0.2) is 0 Å². The summed E-state index contributed by atoms with van der Waals surface area (Å²) in [5.41, 5.74) is 4.17. The molecule has 1 spiro atoms. The van der Waals surface area contributed by atoms with Crippen molar-refractivity contribution in [1.82, 2.24) is 0 Å². The maximum absolute atomic E-state index is 12.0. The fourth-order valence-corrected chi connectivity index (χ4v) is 9.61. The fraction of sp³-hybridized carbons (Fsp3) is 0.559. The topological polar surface area (TPSA) is 119 Å². The molecule has 1 fully saturated rings. The normalized spacial score (nSPS) is 27.2. The molecule has 10 heteroatoms. The number of rotatable bonds is 9. The van der Waals surface area contributed by atoms with Gasteiger partial charge in [0.2, 0.25) is 10.0 Å². The van der Waals surface area contributed by atoms with Crippen LogP contribution in [0.1, 0.15) is 67.4 Å². The molecule has 0 aromatic heterocycles. The van der Waals surface area contributed by atoms with Crippen LogP contribution in [0.4, 0.5) is 5.69 Å². The van der Waals surface area contributed by atoms with E-state index in [1.54, 1.807) is 25.3 Å². The predicted octanol–water partition coefficient (Wildman–Crippen LogP) is 5.81. The summed E-state index contributed by atoms with van der Waals surface area (Å²) >= 11 is 6.40. The second-order valence-electron chi connectivity index (χ2n) is 14.1. The molecular weight excluding hydrogens is 600 g/mol. The quantitative estimate of drug-likeness (QED) is 0.331. The Morgan fingerprint density at radius 1 is 1.25 bits per heavy atom. The molecule has 44 heavy (non-hydrogen) atoms. The van der Waals surface area contributed by atoms with Gasteiger partial charge in [-0.15, -0.1) is 0 Å². The molecule has 1 unspecified atom stereocenters. The van der Waals surface area contributed by atoms with E-state index in [2.05, 4.69) is 23.1 Å². The Morgan fingerprint density at radius 3 is 2.68 bits per heavy atom. The van der Waals surface area contributed by atoms with E-state index in [1.807, 2.05) is 19.9 Å². The maximum Gasteiger partial charge on any atom is 0.335 e. The van der Waals surface area contributed by atoms with E-state index in [9.17, 15) is 18.3 Å². The van der Waals surface area contributed by atoms with Crippen LogP contribution < -0.4 is 14.8 Å². The van der Waals surface area contributed by atoms with E-state index in [0.29, 0.717) is 24.2 Å². The summed E-state index contributed by atoms with van der Waals surface area (Å²) in [5.74, 6) is 0.510. The van der Waals surface area contributed by atoms with Gasteiger partial charge >= 0.3 is 5.97 Å². The second-order valence-corrected chi connectivity index (χ2v) is 16.1. The van der Waals surface area contributed by atoms with E-state index in [-0.39, 0.29) is 28.8 Å². The number of nitrogens with zero attached hydrogens (tertiary/aromatic N) is 1. The number of carboxylic acid groups (broad SMARTS) is 1. The zero-order chi connectivity index (χ0) is 31.4. The third kappa shape index (κ3) is 6.00. The molecule has 6 rings (SSSR count). The number of methoxy groups -OCH3 is 1. The zero-order valence-electron chi connectivity index (χ0n) is 25.7. The molecule has 8 nitrogen and oxygen atoms in total. The van der Waals surface area contributed by atoms with E-state index in [4.69, 9.17) is 26.2 Å². The minimum Gasteiger partial charge on any atom is -0.490 e. The highest BCUT2D eigenvalue weighted by Crippen LogP contribution is 2.50. The summed E-state index contributed by atoms with van der Waals surface area (Å²) in [4.78, 5) is 14.4. The number of nitrogens with two attached hydrogens (primary N) is 1. The van der Waals surface area contributed by atoms with Crippen molar-refractivity contribution in [3.63, 3.8) is 0 Å². The van der Waals surface area contributed by atoms with E-state index < -0.39 is 21.4 Å². The van der Waals surface area contributed by atoms with Crippen molar-refractivity contribution >= 4 is 33.3 Å². The Hall–Kier alpha value is -2.59. The number of carbonyl (C=O) groups is 1. The van der Waals surface area contributed by atoms with Crippen molar-refractivity contribution in [3.05, 3.63) is 69.8 Å². The molecular formula is C34H43ClN2O6S. The smallest absolute Gasteiger partial charge is 0.335 e. The standard InChI is InChI=1S/C34H43ClN2O6S/c1-33(2,20-44(36,40)41)25-13-24(14-25)31(42-3)27-9-6-23(27)17-37-18-34(12-4-5-21-15-26(35)8-10-28(21)34)19-43-30-11-7-22(32(38)39)16-29(30)37/h7-8,10-11,13,15-16,23,25,27,31H,4-6,9,12,14,17-20H2,1-3H3,(H,38,39)(H2,36,40,41)/t23-,25?,27+,31+,34-/m0/s1. The van der Waals surface area contributed by atoms with Gasteiger partial charge in [0.1, 0.15) is 5.75 Å². The Kier molecular flexibility index (Phi) is 8.31. The van der Waals surface area contributed by atoms with Crippen LogP contribution in [0.5, 0.6) is 5.75 Å². The molecule has 3 N–H and O–H groups in total. The van der Waals surface area contributed by atoms with Crippen LogP contribution >= 0.6 is 11.6 Å². The number of primary sulfonamides is 1. The molecule has 3 aliphatic carbocycles. The largest absolute Gasteiger partial charge is 0.490 e. The van der Waals surface area contributed by atoms with Gasteiger partial charge in [0, 0.05) is 30.6 Å². The molecule has 5 atom stereocenters. The first-order valence-corrected chi connectivity index (χ1v) is 17.7. The van der Waals surface area contributed by atoms with Crippen molar-refractivity contribution in [2.24, 2.45) is 28.3 Å². The van der Waals surface area contributed by atoms with Crippen LogP contribution in [-0.2, 0) is 26.6 Å². The first-order valence-electron chi connectivity index (χ1n) is 15.6. The highest BCUT2D eigenvalue weighted by molar-refractivity contribution is 7.89. The van der Waals surface area contributed by atoms with Gasteiger partial charge in [-0.3, -0.25) is 0 Å². The summed E-state index contributed by atoms with van der Waals surface area (Å²) in [5, 5.41) is 15.9. The van der Waals surface area contributed by atoms with Gasteiger partial charge in [-0.2, -0.15) is 0 Å². The third-order valence-corrected chi connectivity index (χ3v) is 12.1. The van der Waals surface area contributed by atoms with Crippen LogP contribution in [0.15, 0.2) is 48.0 Å². The molecule has 238 valence electrons. The number of hydrogen-bond donors (Lipinski definition) is 2. The lowest BCUT2D eigenvalue weighted by Crippen LogP contribution is -2.50. The number of carboxylic acids is 1. The van der Waals surface area contributed by atoms with Crippen LogP contribution in [0.2, 0.25) is 5.02 Å². The Bertz CT molecular complexity index is 1590. The molecule has 1 saturated carbocycles. The number of aromatic carboxylic acids is 1. The number of sulfonamides is 1. The minimum absolute atomic E-state index is 0.0326. The van der Waals surface area contributed by atoms with E-state index >= 15 is 0 Å². The summed E-state index contributed by atoms with van der Waals surface area (Å²) in [7, 11) is -1.81. The Morgan fingerprint density at radius 2 is 2.02 bits per heavy atom. The maximum atomic E-state index is 12.0. The average molecular weight is 643 g/mol. The summed E-state index contributed by atoms with van der Waals surface area (Å²) < 4.78 is 36.2. The number of aryl methyl sites for hydroxylation is 1. The van der Waals surface area contributed by atoms with Crippen molar-refractivity contribution in [2.75, 3.05) is 37.5 Å².